The van der Waals surface area contributed by atoms with E-state index in [2.05, 4.69) is 4.98 Å². The fraction of sp³-hybridized carbons (Fsp3) is 0.421. The largest absolute Gasteiger partial charge is 0.492 e. The molecule has 0 bridgehead atoms. The molecule has 1 aromatic carbocycles. The Bertz CT molecular complexity index is 773. The van der Waals surface area contributed by atoms with Gasteiger partial charge < -0.3 is 9.64 Å². The summed E-state index contributed by atoms with van der Waals surface area (Å²) >= 11 is 1.42. The van der Waals surface area contributed by atoms with Gasteiger partial charge in [0.15, 0.2) is 5.13 Å². The van der Waals surface area contributed by atoms with Crippen molar-refractivity contribution in [3.05, 3.63) is 40.9 Å². The molecular weight excluding hydrogens is 350 g/mol. The Morgan fingerprint density at radius 1 is 1.35 bits per heavy atom. The smallest absolute Gasteiger partial charge is 0.228 e. The highest BCUT2D eigenvalue weighted by molar-refractivity contribution is 7.14. The van der Waals surface area contributed by atoms with Crippen molar-refractivity contribution in [1.29, 1.82) is 0 Å². The van der Waals surface area contributed by atoms with E-state index in [4.69, 9.17) is 4.74 Å². The Morgan fingerprint density at radius 3 is 2.81 bits per heavy atom. The van der Waals surface area contributed by atoms with Gasteiger partial charge in [0.1, 0.15) is 12.4 Å². The fourth-order valence-corrected chi connectivity index (χ4v) is 3.57. The first-order valence-corrected chi connectivity index (χ1v) is 9.59. The van der Waals surface area contributed by atoms with Crippen molar-refractivity contribution in [2.75, 3.05) is 31.6 Å². The van der Waals surface area contributed by atoms with Crippen LogP contribution in [-0.2, 0) is 16.0 Å². The molecule has 1 aliphatic heterocycles. The number of aromatic nitrogens is 1. The molecule has 1 aromatic heterocycles. The van der Waals surface area contributed by atoms with E-state index in [1.165, 1.54) is 16.9 Å². The quantitative estimate of drug-likeness (QED) is 0.749. The number of carbonyl (C=O) groups excluding carboxylic acids is 2. The van der Waals surface area contributed by atoms with Gasteiger partial charge in [-0.15, -0.1) is 11.3 Å². The first-order chi connectivity index (χ1) is 12.5. The Morgan fingerprint density at radius 2 is 2.12 bits per heavy atom. The Balaban J connectivity index is 1.46. The fourth-order valence-electron chi connectivity index (χ4n) is 2.70. The van der Waals surface area contributed by atoms with Crippen molar-refractivity contribution >= 4 is 28.3 Å². The molecular formula is C19H23N3O3S. The molecule has 2 aromatic rings. The number of rotatable bonds is 7. The third-order valence-corrected chi connectivity index (χ3v) is 5.23. The number of aryl methyl sites for hydroxylation is 1. The van der Waals surface area contributed by atoms with Gasteiger partial charge in [0.05, 0.1) is 18.7 Å². The first kappa shape index (κ1) is 18.4. The molecule has 0 spiro atoms. The molecule has 0 N–H and O–H groups in total. The van der Waals surface area contributed by atoms with E-state index in [0.717, 1.165) is 18.7 Å². The van der Waals surface area contributed by atoms with E-state index in [1.807, 2.05) is 36.6 Å². The second-order valence-corrected chi connectivity index (χ2v) is 7.26. The van der Waals surface area contributed by atoms with Crippen molar-refractivity contribution in [2.45, 2.75) is 26.2 Å². The minimum Gasteiger partial charge on any atom is -0.492 e. The van der Waals surface area contributed by atoms with Crippen LogP contribution in [0, 0.1) is 6.92 Å². The van der Waals surface area contributed by atoms with Crippen LogP contribution in [0.15, 0.2) is 29.6 Å². The molecule has 1 saturated heterocycles. The summed E-state index contributed by atoms with van der Waals surface area (Å²) in [6.45, 7) is 3.69. The summed E-state index contributed by atoms with van der Waals surface area (Å²) in [5, 5.41) is 2.55. The van der Waals surface area contributed by atoms with Gasteiger partial charge in [0, 0.05) is 25.4 Å². The zero-order chi connectivity index (χ0) is 18.5. The van der Waals surface area contributed by atoms with Gasteiger partial charge in [-0.1, -0.05) is 17.7 Å². The second-order valence-electron chi connectivity index (χ2n) is 6.42. The minimum atomic E-state index is -0.0119. The van der Waals surface area contributed by atoms with E-state index < -0.39 is 0 Å². The van der Waals surface area contributed by atoms with Crippen molar-refractivity contribution < 1.29 is 14.3 Å². The summed E-state index contributed by atoms with van der Waals surface area (Å²) < 4.78 is 5.66. The van der Waals surface area contributed by atoms with Gasteiger partial charge in [-0.3, -0.25) is 14.5 Å². The summed E-state index contributed by atoms with van der Waals surface area (Å²) in [5.74, 6) is 0.903. The lowest BCUT2D eigenvalue weighted by atomic mass is 10.2. The standard InChI is InChI=1S/C19H23N3O3S/c1-14-5-7-16(8-6-14)25-11-10-21(2)18(24)12-15-13-26-19(20-15)22-9-3-4-17(22)23/h5-8,13H,3-4,9-12H2,1-2H3. The van der Waals surface area contributed by atoms with Crippen molar-refractivity contribution in [3.8, 4) is 5.75 Å². The molecule has 1 fully saturated rings. The number of anilines is 1. The molecule has 0 radical (unpaired) electrons. The molecule has 7 heteroatoms. The highest BCUT2D eigenvalue weighted by Gasteiger charge is 2.24. The molecule has 26 heavy (non-hydrogen) atoms. The number of ether oxygens (including phenoxy) is 1. The number of thiazole rings is 1. The molecule has 0 unspecified atom stereocenters. The second kappa shape index (κ2) is 8.31. The van der Waals surface area contributed by atoms with Crippen molar-refractivity contribution in [2.24, 2.45) is 0 Å². The molecule has 3 rings (SSSR count). The van der Waals surface area contributed by atoms with Crippen LogP contribution in [0.3, 0.4) is 0 Å². The van der Waals surface area contributed by atoms with Crippen LogP contribution in [0.2, 0.25) is 0 Å². The zero-order valence-electron chi connectivity index (χ0n) is 15.1. The van der Waals surface area contributed by atoms with Crippen molar-refractivity contribution in [1.82, 2.24) is 9.88 Å². The normalized spacial score (nSPS) is 13.9. The highest BCUT2D eigenvalue weighted by Crippen LogP contribution is 2.25. The van der Waals surface area contributed by atoms with E-state index >= 15 is 0 Å². The molecule has 2 amide bonds. The lowest BCUT2D eigenvalue weighted by Gasteiger charge is -2.17. The number of benzene rings is 1. The van der Waals surface area contributed by atoms with Gasteiger partial charge in [-0.25, -0.2) is 4.98 Å². The number of carbonyl (C=O) groups is 2. The maximum absolute atomic E-state index is 12.3. The van der Waals surface area contributed by atoms with Gasteiger partial charge in [-0.2, -0.15) is 0 Å². The van der Waals surface area contributed by atoms with Crippen LogP contribution in [0.4, 0.5) is 5.13 Å². The number of amides is 2. The van der Waals surface area contributed by atoms with Crippen LogP contribution >= 0.6 is 11.3 Å². The zero-order valence-corrected chi connectivity index (χ0v) is 15.9. The average Bonchev–Trinajstić information content (AvgIpc) is 3.25. The number of nitrogens with zero attached hydrogens (tertiary/aromatic N) is 3. The molecule has 0 atom stereocenters. The van der Waals surface area contributed by atoms with Gasteiger partial charge >= 0.3 is 0 Å². The van der Waals surface area contributed by atoms with E-state index in [0.29, 0.717) is 30.4 Å². The lowest BCUT2D eigenvalue weighted by Crippen LogP contribution is -2.32. The third kappa shape index (κ3) is 4.60. The Kier molecular flexibility index (Phi) is 5.88. The van der Waals surface area contributed by atoms with Crippen LogP contribution in [0.5, 0.6) is 5.75 Å². The summed E-state index contributed by atoms with van der Waals surface area (Å²) in [6.07, 6.45) is 1.69. The van der Waals surface area contributed by atoms with Crippen LogP contribution < -0.4 is 9.64 Å². The Hall–Kier alpha value is -2.41. The van der Waals surface area contributed by atoms with Crippen molar-refractivity contribution in [3.63, 3.8) is 0 Å². The third-order valence-electron chi connectivity index (χ3n) is 4.32. The maximum atomic E-state index is 12.3. The predicted molar refractivity (Wildman–Crippen MR) is 102 cm³/mol. The van der Waals surface area contributed by atoms with E-state index in [-0.39, 0.29) is 18.2 Å². The lowest BCUT2D eigenvalue weighted by molar-refractivity contribution is -0.129. The monoisotopic (exact) mass is 373 g/mol. The summed E-state index contributed by atoms with van der Waals surface area (Å²) in [6, 6.07) is 7.84. The van der Waals surface area contributed by atoms with Gasteiger partial charge in [0.25, 0.3) is 0 Å². The minimum absolute atomic E-state index is 0.0119. The topological polar surface area (TPSA) is 62.7 Å². The highest BCUT2D eigenvalue weighted by atomic mass is 32.1. The maximum Gasteiger partial charge on any atom is 0.228 e. The number of likely N-dealkylation sites (N-methyl/N-ethyl adjacent to an activating group) is 1. The first-order valence-electron chi connectivity index (χ1n) is 8.71. The molecule has 1 aliphatic rings. The summed E-state index contributed by atoms with van der Waals surface area (Å²) in [4.78, 5) is 31.9. The predicted octanol–water partition coefficient (Wildman–Crippen LogP) is 2.66. The number of hydrogen-bond donors (Lipinski definition) is 0. The summed E-state index contributed by atoms with van der Waals surface area (Å²) in [7, 11) is 1.76. The average molecular weight is 373 g/mol. The van der Waals surface area contributed by atoms with E-state index in [9.17, 15) is 9.59 Å². The summed E-state index contributed by atoms with van der Waals surface area (Å²) in [5.41, 5.74) is 1.89. The molecule has 0 saturated carbocycles. The molecule has 2 heterocycles. The molecule has 138 valence electrons. The van der Waals surface area contributed by atoms with Crippen LogP contribution in [0.1, 0.15) is 24.1 Å². The van der Waals surface area contributed by atoms with Crippen LogP contribution in [0.25, 0.3) is 0 Å². The molecule has 0 aliphatic carbocycles. The SMILES string of the molecule is Cc1ccc(OCCN(C)C(=O)Cc2csc(N3CCCC3=O)n2)cc1. The van der Waals surface area contributed by atoms with E-state index in [1.54, 1.807) is 16.8 Å². The number of hydrogen-bond acceptors (Lipinski definition) is 5. The Labute approximate surface area is 157 Å². The van der Waals surface area contributed by atoms with Gasteiger partial charge in [-0.05, 0) is 25.5 Å². The van der Waals surface area contributed by atoms with Crippen LogP contribution in [-0.4, -0.2) is 48.4 Å². The molecule has 6 nitrogen and oxygen atoms in total. The van der Waals surface area contributed by atoms with Gasteiger partial charge in [0.2, 0.25) is 11.8 Å².